The zero-order valence-corrected chi connectivity index (χ0v) is 17.8. The maximum atomic E-state index is 12.5. The highest BCUT2D eigenvalue weighted by Gasteiger charge is 2.25. The first kappa shape index (κ1) is 24.3. The van der Waals surface area contributed by atoms with Crippen molar-refractivity contribution in [3.63, 3.8) is 0 Å². The Morgan fingerprint density at radius 1 is 1.46 bits per heavy atom. The molecule has 0 aliphatic carbocycles. The molecule has 1 N–H and O–H groups in total. The van der Waals surface area contributed by atoms with Crippen LogP contribution in [0.3, 0.4) is 0 Å². The van der Waals surface area contributed by atoms with Crippen LogP contribution in [0.1, 0.15) is 6.92 Å². The number of amides is 1. The topological polar surface area (TPSA) is 47.9 Å². The average molecular weight is 397 g/mol. The van der Waals surface area contributed by atoms with E-state index in [1.807, 2.05) is 50.4 Å². The summed E-state index contributed by atoms with van der Waals surface area (Å²) in [6, 6.07) is 2.26. The van der Waals surface area contributed by atoms with Gasteiger partial charge in [-0.15, -0.1) is 11.6 Å². The molecular weight excluding hydrogens is 368 g/mol. The second kappa shape index (κ2) is 13.5. The third-order valence-electron chi connectivity index (χ3n) is 3.38. The zero-order chi connectivity index (χ0) is 20.1. The zero-order valence-electron chi connectivity index (χ0n) is 16.2. The number of terminal acetylenes is 1. The van der Waals surface area contributed by atoms with Crippen molar-refractivity contribution >= 4 is 35.6 Å². The van der Waals surface area contributed by atoms with Crippen LogP contribution in [0.4, 0.5) is 0 Å². The van der Waals surface area contributed by atoms with Crippen molar-refractivity contribution in [1.29, 1.82) is 0 Å². The molecule has 0 spiro atoms. The van der Waals surface area contributed by atoms with E-state index in [4.69, 9.17) is 18.0 Å². The Hall–Kier alpha value is -1.68. The monoisotopic (exact) mass is 396 g/mol. The summed E-state index contributed by atoms with van der Waals surface area (Å²) >= 11 is 7.35. The highest BCUT2D eigenvalue weighted by atomic mass is 35.5. The molecule has 0 heterocycles. The van der Waals surface area contributed by atoms with Gasteiger partial charge in [-0.1, -0.05) is 36.8 Å². The standard InChI is InChI=1S/C19H29ClN4OS/c1-8-24(6)14-21-16(3)19(25)22-17(13-23(4)5)18(26-7)15(2)11-9-10-12-20/h1,9-11,14,17-18H,3,12-13H2,2,4-7H3,(H,22,25)/b10-9-,15-11+,21-14?/t17-,18?/m1/s1. The lowest BCUT2D eigenvalue weighted by molar-refractivity contribution is -0.118. The number of likely N-dealkylation sites (N-methyl/N-ethyl adjacent to an activating group) is 1. The predicted molar refractivity (Wildman–Crippen MR) is 116 cm³/mol. The van der Waals surface area contributed by atoms with Crippen LogP contribution in [0.2, 0.25) is 0 Å². The minimum atomic E-state index is -0.318. The molecule has 0 aromatic carbocycles. The SMILES string of the molecule is C#CN(C)C=NC(=C)C(=O)N[C@H](CN(C)C)C(SC)/C(C)=C/C=C\CCl. The van der Waals surface area contributed by atoms with E-state index in [1.54, 1.807) is 18.8 Å². The molecule has 2 atom stereocenters. The first-order valence-electron chi connectivity index (χ1n) is 8.06. The molecule has 1 unspecified atom stereocenters. The Bertz CT molecular complexity index is 593. The van der Waals surface area contributed by atoms with Gasteiger partial charge in [-0.3, -0.25) is 9.69 Å². The number of halogens is 1. The van der Waals surface area contributed by atoms with Crippen molar-refractivity contribution in [2.24, 2.45) is 4.99 Å². The van der Waals surface area contributed by atoms with Gasteiger partial charge in [-0.2, -0.15) is 11.8 Å². The summed E-state index contributed by atoms with van der Waals surface area (Å²) in [7, 11) is 5.60. The van der Waals surface area contributed by atoms with Crippen LogP contribution in [-0.2, 0) is 4.79 Å². The molecule has 0 saturated carbocycles. The summed E-state index contributed by atoms with van der Waals surface area (Å²) in [6.07, 6.45) is 14.5. The maximum absolute atomic E-state index is 12.5. The summed E-state index contributed by atoms with van der Waals surface area (Å²) < 4.78 is 0. The van der Waals surface area contributed by atoms with Crippen LogP contribution in [0.15, 0.2) is 41.1 Å². The number of aliphatic imine (C=N–C) groups is 1. The Morgan fingerprint density at radius 3 is 2.62 bits per heavy atom. The van der Waals surface area contributed by atoms with Crippen molar-refractivity contribution in [1.82, 2.24) is 15.1 Å². The molecule has 0 aromatic heterocycles. The first-order valence-corrected chi connectivity index (χ1v) is 9.88. The molecule has 0 radical (unpaired) electrons. The third kappa shape index (κ3) is 9.71. The van der Waals surface area contributed by atoms with Gasteiger partial charge in [0.15, 0.2) is 0 Å². The van der Waals surface area contributed by atoms with Crippen LogP contribution < -0.4 is 5.32 Å². The van der Waals surface area contributed by atoms with Crippen molar-refractivity contribution in [3.8, 4) is 12.5 Å². The van der Waals surface area contributed by atoms with Gasteiger partial charge in [0.05, 0.1) is 6.04 Å². The molecule has 0 saturated heterocycles. The minimum absolute atomic E-state index is 0.103. The molecule has 0 aliphatic heterocycles. The molecule has 7 heteroatoms. The second-order valence-corrected chi connectivity index (χ2v) is 7.21. The van der Waals surface area contributed by atoms with E-state index in [-0.39, 0.29) is 22.9 Å². The number of nitrogens with one attached hydrogen (secondary N) is 1. The van der Waals surface area contributed by atoms with Gasteiger partial charge in [-0.05, 0) is 27.3 Å². The molecule has 5 nitrogen and oxygen atoms in total. The lowest BCUT2D eigenvalue weighted by Gasteiger charge is -2.30. The van der Waals surface area contributed by atoms with Crippen LogP contribution in [0.5, 0.6) is 0 Å². The van der Waals surface area contributed by atoms with Gasteiger partial charge < -0.3 is 10.2 Å². The van der Waals surface area contributed by atoms with Crippen molar-refractivity contribution < 1.29 is 4.79 Å². The Kier molecular flexibility index (Phi) is 12.6. The highest BCUT2D eigenvalue weighted by molar-refractivity contribution is 7.99. The van der Waals surface area contributed by atoms with E-state index < -0.39 is 0 Å². The number of hydrogen-bond donors (Lipinski definition) is 1. The van der Waals surface area contributed by atoms with Gasteiger partial charge in [0.1, 0.15) is 12.0 Å². The van der Waals surface area contributed by atoms with Crippen LogP contribution in [-0.4, -0.2) is 73.2 Å². The molecule has 0 aromatic rings. The molecule has 0 fully saturated rings. The van der Waals surface area contributed by atoms with Crippen LogP contribution >= 0.6 is 23.4 Å². The number of hydrogen-bond acceptors (Lipinski definition) is 4. The fourth-order valence-corrected chi connectivity index (χ4v) is 3.18. The van der Waals surface area contributed by atoms with Gasteiger partial charge in [-0.25, -0.2) is 4.99 Å². The molecule has 1 amide bonds. The number of alkyl halides is 1. The highest BCUT2D eigenvalue weighted by Crippen LogP contribution is 2.21. The summed E-state index contributed by atoms with van der Waals surface area (Å²) in [6.45, 7) is 6.45. The number of carbonyl (C=O) groups is 1. The van der Waals surface area contributed by atoms with Crippen molar-refractivity contribution in [2.75, 3.05) is 39.8 Å². The van der Waals surface area contributed by atoms with Crippen molar-refractivity contribution in [2.45, 2.75) is 18.2 Å². The first-order chi connectivity index (χ1) is 12.3. The number of thioether (sulfide) groups is 1. The van der Waals surface area contributed by atoms with Gasteiger partial charge >= 0.3 is 0 Å². The Morgan fingerprint density at radius 2 is 2.12 bits per heavy atom. The molecule has 26 heavy (non-hydrogen) atoms. The molecular formula is C19H29ClN4OS. The summed E-state index contributed by atoms with van der Waals surface area (Å²) in [5.74, 6) is 0.150. The van der Waals surface area contributed by atoms with E-state index in [0.717, 1.165) is 5.57 Å². The number of rotatable bonds is 11. The largest absolute Gasteiger partial charge is 0.345 e. The summed E-state index contributed by atoms with van der Waals surface area (Å²) in [4.78, 5) is 19.9. The Labute approximate surface area is 167 Å². The normalized spacial score (nSPS) is 14.5. The van der Waals surface area contributed by atoms with Crippen molar-refractivity contribution in [3.05, 3.63) is 36.1 Å². The number of allylic oxidation sites excluding steroid dienone is 3. The fourth-order valence-electron chi connectivity index (χ4n) is 2.14. The molecule has 0 aliphatic rings. The van der Waals surface area contributed by atoms with Crippen LogP contribution in [0, 0.1) is 12.5 Å². The quantitative estimate of drug-likeness (QED) is 0.111. The average Bonchev–Trinajstić information content (AvgIpc) is 2.59. The van der Waals surface area contributed by atoms with Gasteiger partial charge in [0, 0.05) is 30.8 Å². The van der Waals surface area contributed by atoms with Crippen LogP contribution in [0.25, 0.3) is 0 Å². The van der Waals surface area contributed by atoms with Gasteiger partial charge in [0.2, 0.25) is 0 Å². The lowest BCUT2D eigenvalue weighted by atomic mass is 10.1. The number of carbonyl (C=O) groups excluding carboxylic acids is 1. The van der Waals surface area contributed by atoms with E-state index in [1.165, 1.54) is 11.2 Å². The van der Waals surface area contributed by atoms with E-state index in [9.17, 15) is 4.79 Å². The molecule has 0 bridgehead atoms. The predicted octanol–water partition coefficient (Wildman–Crippen LogP) is 2.57. The van der Waals surface area contributed by atoms with E-state index in [0.29, 0.717) is 12.4 Å². The maximum Gasteiger partial charge on any atom is 0.269 e. The lowest BCUT2D eigenvalue weighted by Crippen LogP contribution is -2.48. The minimum Gasteiger partial charge on any atom is -0.345 e. The van der Waals surface area contributed by atoms with E-state index in [2.05, 4.69) is 22.9 Å². The van der Waals surface area contributed by atoms with Gasteiger partial charge in [0.25, 0.3) is 5.91 Å². The second-order valence-electron chi connectivity index (χ2n) is 5.92. The fraction of sp³-hybridized carbons (Fsp3) is 0.474. The Balaban J connectivity index is 5.29. The van der Waals surface area contributed by atoms with E-state index >= 15 is 0 Å². The smallest absolute Gasteiger partial charge is 0.269 e. The summed E-state index contributed by atoms with van der Waals surface area (Å²) in [5, 5.41) is 3.14. The third-order valence-corrected chi connectivity index (χ3v) is 4.77. The molecule has 0 rings (SSSR count). The number of nitrogens with zero attached hydrogens (tertiary/aromatic N) is 3. The molecule has 144 valence electrons. The summed E-state index contributed by atoms with van der Waals surface area (Å²) in [5.41, 5.74) is 1.26.